The van der Waals surface area contributed by atoms with Crippen molar-refractivity contribution in [2.75, 3.05) is 0 Å². The first kappa shape index (κ1) is 22.2. The molecule has 2 aromatic rings. The third kappa shape index (κ3) is 3.85. The molecule has 5 rings (SSSR count). The molecule has 2 fully saturated rings. The van der Waals surface area contributed by atoms with Gasteiger partial charge in [0.1, 0.15) is 17.5 Å². The lowest BCUT2D eigenvalue weighted by molar-refractivity contribution is -0.136. The highest BCUT2D eigenvalue weighted by Gasteiger charge is 2.46. The number of halogens is 2. The first-order valence-electron chi connectivity index (χ1n) is 11.3. The third-order valence-corrected chi connectivity index (χ3v) is 6.97. The maximum absolute atomic E-state index is 15.4. The monoisotopic (exact) mass is 467 g/mol. The van der Waals surface area contributed by atoms with Gasteiger partial charge in [-0.2, -0.15) is 0 Å². The van der Waals surface area contributed by atoms with Gasteiger partial charge >= 0.3 is 0 Å². The van der Waals surface area contributed by atoms with Crippen LogP contribution in [0.1, 0.15) is 70.0 Å². The Hall–Kier alpha value is -3.62. The molecule has 0 radical (unpaired) electrons. The van der Waals surface area contributed by atoms with Crippen molar-refractivity contribution in [2.24, 2.45) is 0 Å². The maximum Gasteiger partial charge on any atom is 0.255 e. The fourth-order valence-corrected chi connectivity index (χ4v) is 4.90. The topological polar surface area (TPSA) is 95.6 Å². The van der Waals surface area contributed by atoms with E-state index in [-0.39, 0.29) is 36.8 Å². The first-order valence-corrected chi connectivity index (χ1v) is 11.3. The number of amides is 4. The van der Waals surface area contributed by atoms with Gasteiger partial charge in [-0.05, 0) is 67.1 Å². The van der Waals surface area contributed by atoms with Gasteiger partial charge in [0.25, 0.3) is 11.8 Å². The number of hydrogen-bond acceptors (Lipinski definition) is 4. The summed E-state index contributed by atoms with van der Waals surface area (Å²) in [6, 6.07) is 8.34. The fourth-order valence-electron chi connectivity index (χ4n) is 4.90. The van der Waals surface area contributed by atoms with Crippen LogP contribution in [0.2, 0.25) is 0 Å². The van der Waals surface area contributed by atoms with E-state index >= 15 is 4.39 Å². The summed E-state index contributed by atoms with van der Waals surface area (Å²) in [7, 11) is 0. The van der Waals surface area contributed by atoms with Crippen LogP contribution in [0.15, 0.2) is 42.5 Å². The number of carbonyl (C=O) groups is 4. The van der Waals surface area contributed by atoms with Crippen LogP contribution in [-0.4, -0.2) is 40.2 Å². The molecule has 1 aliphatic carbocycles. The summed E-state index contributed by atoms with van der Waals surface area (Å²) in [5, 5.41) is 5.02. The fraction of sp³-hybridized carbons (Fsp3) is 0.360. The highest BCUT2D eigenvalue weighted by atomic mass is 19.1. The van der Waals surface area contributed by atoms with Gasteiger partial charge in [0.2, 0.25) is 11.8 Å². The predicted octanol–water partition coefficient (Wildman–Crippen LogP) is 2.95. The van der Waals surface area contributed by atoms with Crippen LogP contribution in [0.25, 0.3) is 0 Å². The van der Waals surface area contributed by atoms with Crippen molar-refractivity contribution >= 4 is 23.6 Å². The van der Waals surface area contributed by atoms with E-state index in [1.807, 2.05) is 0 Å². The number of rotatable bonds is 5. The van der Waals surface area contributed by atoms with E-state index < -0.39 is 35.4 Å². The highest BCUT2D eigenvalue weighted by molar-refractivity contribution is 6.06. The van der Waals surface area contributed by atoms with Crippen molar-refractivity contribution in [3.63, 3.8) is 0 Å². The molecular formula is C25H23F2N3O4. The molecule has 0 spiro atoms. The Morgan fingerprint density at radius 1 is 1.12 bits per heavy atom. The summed E-state index contributed by atoms with van der Waals surface area (Å²) in [5.41, 5.74) is 0.101. The van der Waals surface area contributed by atoms with E-state index in [1.54, 1.807) is 6.07 Å². The molecule has 7 nitrogen and oxygen atoms in total. The minimum Gasteiger partial charge on any atom is -0.342 e. The SMILES string of the molecule is O=C1CC[C@@H](N2Cc3cc(C(=O)N[C@H](c4ccc(F)cc4)C4(F)CCC4)ccc3C2=O)C(=O)N1. The number of alkyl halides is 1. The molecule has 0 bridgehead atoms. The second-order valence-electron chi connectivity index (χ2n) is 9.12. The minimum atomic E-state index is -1.61. The molecule has 34 heavy (non-hydrogen) atoms. The minimum absolute atomic E-state index is 0.135. The number of fused-ring (bicyclic) bond motifs is 1. The Morgan fingerprint density at radius 2 is 1.85 bits per heavy atom. The lowest BCUT2D eigenvalue weighted by atomic mass is 9.74. The number of piperidine rings is 1. The molecule has 3 aliphatic rings. The van der Waals surface area contributed by atoms with Gasteiger partial charge in [-0.3, -0.25) is 24.5 Å². The summed E-state index contributed by atoms with van der Waals surface area (Å²) in [5.74, 6) is -2.16. The quantitative estimate of drug-likeness (QED) is 0.661. The van der Waals surface area contributed by atoms with Gasteiger partial charge in [0.05, 0.1) is 6.04 Å². The zero-order valence-electron chi connectivity index (χ0n) is 18.3. The molecule has 2 N–H and O–H groups in total. The van der Waals surface area contributed by atoms with Crippen molar-refractivity contribution in [1.82, 2.24) is 15.5 Å². The van der Waals surface area contributed by atoms with Crippen molar-refractivity contribution in [1.29, 1.82) is 0 Å². The molecule has 4 amide bonds. The Balaban J connectivity index is 1.36. The van der Waals surface area contributed by atoms with Crippen LogP contribution in [0.3, 0.4) is 0 Å². The number of imide groups is 1. The van der Waals surface area contributed by atoms with Crippen molar-refractivity contribution in [3.05, 3.63) is 70.5 Å². The van der Waals surface area contributed by atoms with Crippen LogP contribution in [0.4, 0.5) is 8.78 Å². The zero-order chi connectivity index (χ0) is 24.0. The molecule has 2 heterocycles. The second-order valence-corrected chi connectivity index (χ2v) is 9.12. The summed E-state index contributed by atoms with van der Waals surface area (Å²) in [4.78, 5) is 51.0. The standard InChI is InChI=1S/C25H23F2N3O4/c26-17-5-2-14(3-6-17)21(25(27)10-1-11-25)29-22(32)15-4-7-18-16(12-15)13-30(24(18)34)19-8-9-20(31)28-23(19)33/h2-7,12,19,21H,1,8-11,13H2,(H,29,32)(H,28,31,33)/t19-,21-/m1/s1. The predicted molar refractivity (Wildman–Crippen MR) is 117 cm³/mol. The average molecular weight is 467 g/mol. The Kier molecular flexibility index (Phi) is 5.42. The lowest BCUT2D eigenvalue weighted by Gasteiger charge is -2.41. The van der Waals surface area contributed by atoms with Crippen LogP contribution in [0.5, 0.6) is 0 Å². The molecule has 1 saturated carbocycles. The number of benzene rings is 2. The smallest absolute Gasteiger partial charge is 0.255 e. The van der Waals surface area contributed by atoms with Gasteiger partial charge < -0.3 is 10.2 Å². The average Bonchev–Trinajstić information content (AvgIpc) is 3.12. The Morgan fingerprint density at radius 3 is 2.50 bits per heavy atom. The van der Waals surface area contributed by atoms with Gasteiger partial charge in [-0.25, -0.2) is 8.78 Å². The van der Waals surface area contributed by atoms with E-state index in [0.717, 1.165) is 0 Å². The van der Waals surface area contributed by atoms with Crippen LogP contribution in [-0.2, 0) is 16.1 Å². The molecule has 2 aliphatic heterocycles. The molecule has 0 aromatic heterocycles. The van der Waals surface area contributed by atoms with Crippen molar-refractivity contribution in [3.8, 4) is 0 Å². The van der Waals surface area contributed by atoms with Crippen LogP contribution >= 0.6 is 0 Å². The Labute approximate surface area is 194 Å². The van der Waals surface area contributed by atoms with E-state index in [9.17, 15) is 23.6 Å². The zero-order valence-corrected chi connectivity index (χ0v) is 18.3. The highest BCUT2D eigenvalue weighted by Crippen LogP contribution is 2.45. The second kappa shape index (κ2) is 8.30. The molecular weight excluding hydrogens is 444 g/mol. The molecule has 9 heteroatoms. The van der Waals surface area contributed by atoms with Crippen LogP contribution in [0, 0.1) is 5.82 Å². The largest absolute Gasteiger partial charge is 0.342 e. The third-order valence-electron chi connectivity index (χ3n) is 6.97. The molecule has 2 atom stereocenters. The number of carbonyl (C=O) groups excluding carboxylic acids is 4. The molecule has 0 unspecified atom stereocenters. The van der Waals surface area contributed by atoms with Crippen molar-refractivity contribution < 1.29 is 28.0 Å². The van der Waals surface area contributed by atoms with Crippen LogP contribution < -0.4 is 10.6 Å². The van der Waals surface area contributed by atoms with E-state index in [2.05, 4.69) is 10.6 Å². The normalized spacial score (nSPS) is 22.0. The lowest BCUT2D eigenvalue weighted by Crippen LogP contribution is -2.52. The van der Waals surface area contributed by atoms with Gasteiger partial charge in [-0.1, -0.05) is 12.1 Å². The van der Waals surface area contributed by atoms with Crippen molar-refractivity contribution in [2.45, 2.75) is 56.4 Å². The van der Waals surface area contributed by atoms with Gasteiger partial charge in [-0.15, -0.1) is 0 Å². The van der Waals surface area contributed by atoms with E-state index in [1.165, 1.54) is 41.3 Å². The summed E-state index contributed by atoms with van der Waals surface area (Å²) in [6.45, 7) is 0.135. The molecule has 176 valence electrons. The number of hydrogen-bond donors (Lipinski definition) is 2. The maximum atomic E-state index is 15.4. The summed E-state index contributed by atoms with van der Waals surface area (Å²) in [6.07, 6.45) is 1.71. The summed E-state index contributed by atoms with van der Waals surface area (Å²) < 4.78 is 28.8. The first-order chi connectivity index (χ1) is 16.2. The molecule has 1 saturated heterocycles. The van der Waals surface area contributed by atoms with E-state index in [4.69, 9.17) is 0 Å². The molecule has 2 aromatic carbocycles. The number of nitrogens with zero attached hydrogens (tertiary/aromatic N) is 1. The van der Waals surface area contributed by atoms with Gasteiger partial charge in [0.15, 0.2) is 0 Å². The Bertz CT molecular complexity index is 1190. The van der Waals surface area contributed by atoms with Gasteiger partial charge in [0, 0.05) is 24.1 Å². The summed E-state index contributed by atoms with van der Waals surface area (Å²) >= 11 is 0. The number of nitrogens with one attached hydrogen (secondary N) is 2. The van der Waals surface area contributed by atoms with E-state index in [0.29, 0.717) is 36.0 Å².